The monoisotopic (exact) mass is 618 g/mol. The largest absolute Gasteiger partial charge is 0.413 e. The lowest BCUT2D eigenvalue weighted by molar-refractivity contribution is -0.111. The Bertz CT molecular complexity index is 2140. The molecule has 0 heterocycles. The number of allylic oxidation sites excluding steroid dienone is 11. The molecule has 0 saturated heterocycles. The first-order valence-electron chi connectivity index (χ1n) is 13.0. The van der Waals surface area contributed by atoms with E-state index in [1.807, 2.05) is 0 Å². The van der Waals surface area contributed by atoms with Gasteiger partial charge in [-0.1, -0.05) is 60.7 Å². The van der Waals surface area contributed by atoms with Gasteiger partial charge in [0.25, 0.3) is 11.4 Å². The van der Waals surface area contributed by atoms with Gasteiger partial charge in [-0.2, -0.15) is 31.6 Å². The van der Waals surface area contributed by atoms with Crippen molar-refractivity contribution in [2.24, 2.45) is 11.8 Å². The van der Waals surface area contributed by atoms with Crippen molar-refractivity contribution in [2.45, 2.75) is 12.4 Å². The van der Waals surface area contributed by atoms with Crippen molar-refractivity contribution in [3.63, 3.8) is 0 Å². The van der Waals surface area contributed by atoms with Gasteiger partial charge in [0.1, 0.15) is 6.07 Å². The summed E-state index contributed by atoms with van der Waals surface area (Å²) in [6.07, 6.45) is -11.0. The first-order valence-corrected chi connectivity index (χ1v) is 13.0. The highest BCUT2D eigenvalue weighted by Gasteiger charge is 2.62. The summed E-state index contributed by atoms with van der Waals surface area (Å²) in [5.41, 5.74) is -12.0. The van der Waals surface area contributed by atoms with Crippen LogP contribution in [0.15, 0.2) is 117 Å². The van der Waals surface area contributed by atoms with E-state index in [0.717, 1.165) is 0 Å². The lowest BCUT2D eigenvalue weighted by Gasteiger charge is -2.37. The summed E-state index contributed by atoms with van der Waals surface area (Å²) in [4.78, 5) is 9.39. The van der Waals surface area contributed by atoms with Gasteiger partial charge in [-0.25, -0.2) is 25.1 Å². The summed E-state index contributed by atoms with van der Waals surface area (Å²) in [7, 11) is 0. The molecule has 12 heteroatoms. The molecule has 0 aliphatic heterocycles. The summed E-state index contributed by atoms with van der Waals surface area (Å²) in [5, 5.41) is 30.1. The van der Waals surface area contributed by atoms with E-state index in [0.29, 0.717) is 0 Å². The van der Waals surface area contributed by atoms with Crippen molar-refractivity contribution in [3.8, 4) is 18.2 Å². The number of halogens is 6. The van der Waals surface area contributed by atoms with Gasteiger partial charge in [0.15, 0.2) is 5.70 Å². The minimum Gasteiger partial charge on any atom is -0.241 e. The average Bonchev–Trinajstić information content (AvgIpc) is 3.54. The van der Waals surface area contributed by atoms with Gasteiger partial charge in [0.2, 0.25) is 0 Å². The molecule has 0 saturated carbocycles. The van der Waals surface area contributed by atoms with Crippen LogP contribution >= 0.6 is 0 Å². The number of hydrogen-bond acceptors (Lipinski definition) is 3. The molecular weight excluding hydrogens is 606 g/mol. The molecule has 46 heavy (non-hydrogen) atoms. The normalized spacial score (nSPS) is 21.3. The summed E-state index contributed by atoms with van der Waals surface area (Å²) < 4.78 is 92.8. The SMILES string of the molecule is [C-]#[N+]C1=C(c2ccccc2)/C(=C(/C#N)[N+]#[C-])C2C(C(F)(F)F)=C3C(C#N)=C(c4ccccc4)/C(=C(\C#N)[N+]#[C-])C3=C(C(F)(F)F)C12. The fourth-order valence-corrected chi connectivity index (χ4v) is 6.32. The van der Waals surface area contributed by atoms with Crippen LogP contribution in [0.2, 0.25) is 0 Å². The van der Waals surface area contributed by atoms with Gasteiger partial charge in [-0.3, -0.25) is 0 Å². The van der Waals surface area contributed by atoms with E-state index in [1.54, 1.807) is 6.07 Å². The molecule has 0 fully saturated rings. The Labute approximate surface area is 257 Å². The van der Waals surface area contributed by atoms with Crippen LogP contribution in [0.1, 0.15) is 11.1 Å². The van der Waals surface area contributed by atoms with Crippen molar-refractivity contribution in [1.82, 2.24) is 0 Å². The number of rotatable bonds is 2. The number of benzene rings is 2. The Morgan fingerprint density at radius 2 is 1.11 bits per heavy atom. The minimum atomic E-state index is -5.49. The molecular formula is C34H12F6N6. The zero-order valence-corrected chi connectivity index (χ0v) is 22.9. The third-order valence-electron chi connectivity index (χ3n) is 7.77. The summed E-state index contributed by atoms with van der Waals surface area (Å²) in [6.45, 7) is 23.1. The minimum absolute atomic E-state index is 0.00632. The van der Waals surface area contributed by atoms with Crippen molar-refractivity contribution >= 4 is 11.1 Å². The van der Waals surface area contributed by atoms with Crippen molar-refractivity contribution < 1.29 is 26.3 Å². The predicted octanol–water partition coefficient (Wildman–Crippen LogP) is 8.68. The summed E-state index contributed by atoms with van der Waals surface area (Å²) >= 11 is 0. The number of nitriles is 3. The van der Waals surface area contributed by atoms with Crippen LogP contribution in [-0.2, 0) is 0 Å². The molecule has 0 bridgehead atoms. The summed E-state index contributed by atoms with van der Waals surface area (Å²) in [6, 6.07) is 18.5. The van der Waals surface area contributed by atoms with Gasteiger partial charge in [0, 0.05) is 34.1 Å². The quantitative estimate of drug-likeness (QED) is 0.192. The number of hydrogen-bond donors (Lipinski definition) is 0. The Balaban J connectivity index is 2.15. The van der Waals surface area contributed by atoms with E-state index in [-0.39, 0.29) is 11.1 Å². The molecule has 0 spiro atoms. The maximum absolute atomic E-state index is 15.5. The molecule has 0 aromatic heterocycles. The standard InChI is InChI=1S/C34H12F6N6/c1-44-20(15-42)25-22(17-10-6-4-7-11-17)19(14-41)24-27(25)31(34(38,39)40)29-28(30(24)33(35,36)37)26(21(16-43)45-2)23(32(29)46-3)18-12-8-5-9-13-18/h4-13,28-29H/b25-20-,26-21+. The Morgan fingerprint density at radius 1 is 0.630 bits per heavy atom. The molecule has 2 atom stereocenters. The van der Waals surface area contributed by atoms with Gasteiger partial charge in [0.05, 0.1) is 37.4 Å². The number of fused-ring (bicyclic) bond motifs is 2. The van der Waals surface area contributed by atoms with Crippen LogP contribution in [0, 0.1) is 65.5 Å². The second-order valence-corrected chi connectivity index (χ2v) is 9.93. The number of alkyl halides is 6. The molecule has 0 amide bonds. The molecule has 5 rings (SSSR count). The van der Waals surface area contributed by atoms with E-state index in [9.17, 15) is 15.8 Å². The molecule has 3 aliphatic carbocycles. The lowest BCUT2D eigenvalue weighted by atomic mass is 9.68. The molecule has 2 aromatic carbocycles. The molecule has 0 radical (unpaired) electrons. The second-order valence-electron chi connectivity index (χ2n) is 9.93. The van der Waals surface area contributed by atoms with Crippen LogP contribution in [-0.4, -0.2) is 12.4 Å². The van der Waals surface area contributed by atoms with Crippen LogP contribution < -0.4 is 0 Å². The predicted molar refractivity (Wildman–Crippen MR) is 151 cm³/mol. The topological polar surface area (TPSA) is 84.5 Å². The van der Waals surface area contributed by atoms with E-state index in [1.165, 1.54) is 72.8 Å². The third-order valence-corrected chi connectivity index (χ3v) is 7.77. The van der Waals surface area contributed by atoms with Crippen molar-refractivity contribution in [2.75, 3.05) is 0 Å². The average molecular weight is 619 g/mol. The van der Waals surface area contributed by atoms with Crippen LogP contribution in [0.4, 0.5) is 26.3 Å². The van der Waals surface area contributed by atoms with E-state index < -0.39 is 91.4 Å². The van der Waals surface area contributed by atoms with E-state index in [2.05, 4.69) is 14.5 Å². The highest BCUT2D eigenvalue weighted by Crippen LogP contribution is 2.66. The van der Waals surface area contributed by atoms with Gasteiger partial charge in [-0.05, 0) is 33.4 Å². The molecule has 0 N–H and O–H groups in total. The van der Waals surface area contributed by atoms with Crippen molar-refractivity contribution in [1.29, 1.82) is 15.8 Å². The highest BCUT2D eigenvalue weighted by molar-refractivity contribution is 6.03. The van der Waals surface area contributed by atoms with Crippen molar-refractivity contribution in [3.05, 3.63) is 162 Å². The van der Waals surface area contributed by atoms with Crippen LogP contribution in [0.3, 0.4) is 0 Å². The maximum Gasteiger partial charge on any atom is 0.413 e. The number of nitrogens with zero attached hydrogens (tertiary/aromatic N) is 6. The first kappa shape index (κ1) is 30.8. The fourth-order valence-electron chi connectivity index (χ4n) is 6.32. The molecule has 6 nitrogen and oxygen atoms in total. The Morgan fingerprint density at radius 3 is 1.52 bits per heavy atom. The smallest absolute Gasteiger partial charge is 0.241 e. The molecule has 2 unspecified atom stereocenters. The van der Waals surface area contributed by atoms with E-state index >= 15 is 26.3 Å². The Kier molecular flexibility index (Phi) is 7.48. The van der Waals surface area contributed by atoms with E-state index in [4.69, 9.17) is 19.7 Å². The third kappa shape index (κ3) is 4.46. The molecule has 3 aliphatic rings. The fraction of sp³-hybridized carbons (Fsp3) is 0.118. The molecule has 2 aromatic rings. The van der Waals surface area contributed by atoms with Crippen LogP contribution in [0.5, 0.6) is 0 Å². The first-order chi connectivity index (χ1) is 21.9. The van der Waals surface area contributed by atoms with Gasteiger partial charge < -0.3 is 0 Å². The highest BCUT2D eigenvalue weighted by atomic mass is 19.4. The zero-order chi connectivity index (χ0) is 33.6. The van der Waals surface area contributed by atoms with Crippen LogP contribution in [0.25, 0.3) is 25.7 Å². The second kappa shape index (κ2) is 11.2. The Hall–Kier alpha value is -6.60. The maximum atomic E-state index is 15.5. The zero-order valence-electron chi connectivity index (χ0n) is 22.9. The summed E-state index contributed by atoms with van der Waals surface area (Å²) in [5.74, 6) is -4.89. The van der Waals surface area contributed by atoms with Gasteiger partial charge in [-0.15, -0.1) is 0 Å². The lowest BCUT2D eigenvalue weighted by Crippen LogP contribution is -2.36. The molecule has 220 valence electrons. The van der Waals surface area contributed by atoms with Gasteiger partial charge >= 0.3 is 12.4 Å².